The van der Waals surface area contributed by atoms with Crippen LogP contribution < -0.4 is 10.9 Å². The van der Waals surface area contributed by atoms with Gasteiger partial charge in [0.25, 0.3) is 11.5 Å². The van der Waals surface area contributed by atoms with E-state index in [1.807, 2.05) is 24.3 Å². The number of aliphatic carboxylic acids is 1. The van der Waals surface area contributed by atoms with Crippen molar-refractivity contribution in [3.05, 3.63) is 76.3 Å². The molecule has 2 aromatic carbocycles. The Balaban J connectivity index is 1.67. The minimum Gasteiger partial charge on any atom is -0.480 e. The van der Waals surface area contributed by atoms with Crippen LogP contribution in [-0.4, -0.2) is 37.8 Å². The molecule has 0 fully saturated rings. The second kappa shape index (κ2) is 7.23. The predicted octanol–water partition coefficient (Wildman–Crippen LogP) is 1.84. The molecule has 146 valence electrons. The van der Waals surface area contributed by atoms with Gasteiger partial charge in [0, 0.05) is 36.0 Å². The van der Waals surface area contributed by atoms with Gasteiger partial charge in [0.1, 0.15) is 6.04 Å². The van der Waals surface area contributed by atoms with Crippen molar-refractivity contribution in [1.29, 1.82) is 0 Å². The minimum atomic E-state index is -1.15. The Bertz CT molecular complexity index is 1310. The first kappa shape index (κ1) is 18.4. The number of H-pyrrole nitrogens is 1. The molecule has 1 atom stereocenters. The van der Waals surface area contributed by atoms with Gasteiger partial charge in [-0.2, -0.15) is 5.10 Å². The molecule has 0 aliphatic rings. The van der Waals surface area contributed by atoms with Crippen LogP contribution in [0.1, 0.15) is 16.1 Å². The molecule has 29 heavy (non-hydrogen) atoms. The summed E-state index contributed by atoms with van der Waals surface area (Å²) in [6.45, 7) is 0. The second-order valence-electron chi connectivity index (χ2n) is 6.75. The standard InChI is InChI=1S/C21H18N4O4/c1-25-20(27)15-8-3-2-7-14(15)18(24-25)19(26)23-17(21(28)29)10-12-11-22-16-9-5-4-6-13(12)16/h2-9,11,17,22H,10H2,1H3,(H,23,26)(H,28,29). The van der Waals surface area contributed by atoms with E-state index in [0.29, 0.717) is 10.8 Å². The van der Waals surface area contributed by atoms with E-state index in [1.54, 1.807) is 30.5 Å². The number of aromatic amines is 1. The maximum absolute atomic E-state index is 12.9. The van der Waals surface area contributed by atoms with Gasteiger partial charge in [0.2, 0.25) is 0 Å². The fourth-order valence-electron chi connectivity index (χ4n) is 3.41. The van der Waals surface area contributed by atoms with Crippen LogP contribution in [0.4, 0.5) is 0 Å². The van der Waals surface area contributed by atoms with Crippen molar-refractivity contribution >= 4 is 33.6 Å². The van der Waals surface area contributed by atoms with Crippen LogP contribution in [0, 0.1) is 0 Å². The Kier molecular flexibility index (Phi) is 4.59. The van der Waals surface area contributed by atoms with Crippen LogP contribution in [0.2, 0.25) is 0 Å². The van der Waals surface area contributed by atoms with Crippen LogP contribution >= 0.6 is 0 Å². The Hall–Kier alpha value is -3.94. The van der Waals surface area contributed by atoms with E-state index in [1.165, 1.54) is 7.05 Å². The van der Waals surface area contributed by atoms with Crippen molar-refractivity contribution in [3.63, 3.8) is 0 Å². The van der Waals surface area contributed by atoms with Crippen LogP contribution in [0.15, 0.2) is 59.5 Å². The van der Waals surface area contributed by atoms with Crippen LogP contribution in [-0.2, 0) is 18.3 Å². The number of nitrogens with one attached hydrogen (secondary N) is 2. The number of fused-ring (bicyclic) bond motifs is 2. The van der Waals surface area contributed by atoms with Crippen molar-refractivity contribution in [1.82, 2.24) is 20.1 Å². The van der Waals surface area contributed by atoms with Crippen molar-refractivity contribution in [2.24, 2.45) is 7.05 Å². The van der Waals surface area contributed by atoms with E-state index < -0.39 is 17.9 Å². The van der Waals surface area contributed by atoms with Crippen LogP contribution in [0.5, 0.6) is 0 Å². The van der Waals surface area contributed by atoms with Gasteiger partial charge in [0.15, 0.2) is 5.69 Å². The molecule has 0 saturated carbocycles. The first-order chi connectivity index (χ1) is 14.0. The zero-order valence-electron chi connectivity index (χ0n) is 15.5. The average Bonchev–Trinajstić information content (AvgIpc) is 3.13. The lowest BCUT2D eigenvalue weighted by Crippen LogP contribution is -2.43. The average molecular weight is 390 g/mol. The second-order valence-corrected chi connectivity index (χ2v) is 6.75. The topological polar surface area (TPSA) is 117 Å². The van der Waals surface area contributed by atoms with Gasteiger partial charge >= 0.3 is 5.97 Å². The number of aromatic nitrogens is 3. The highest BCUT2D eigenvalue weighted by atomic mass is 16.4. The number of aryl methyl sites for hydroxylation is 1. The number of carbonyl (C=O) groups is 2. The number of hydrogen-bond donors (Lipinski definition) is 3. The van der Waals surface area contributed by atoms with E-state index in [9.17, 15) is 19.5 Å². The Morgan fingerprint density at radius 3 is 2.48 bits per heavy atom. The smallest absolute Gasteiger partial charge is 0.326 e. The molecular weight excluding hydrogens is 372 g/mol. The molecule has 4 rings (SSSR count). The molecule has 2 aromatic heterocycles. The van der Waals surface area contributed by atoms with Gasteiger partial charge in [-0.15, -0.1) is 0 Å². The zero-order valence-corrected chi connectivity index (χ0v) is 15.5. The van der Waals surface area contributed by atoms with E-state index in [0.717, 1.165) is 21.1 Å². The monoisotopic (exact) mass is 390 g/mol. The molecule has 2 heterocycles. The molecule has 0 radical (unpaired) electrons. The number of nitrogens with zero attached hydrogens (tertiary/aromatic N) is 2. The molecule has 3 N–H and O–H groups in total. The maximum atomic E-state index is 12.9. The van der Waals surface area contributed by atoms with E-state index >= 15 is 0 Å². The lowest BCUT2D eigenvalue weighted by Gasteiger charge is -2.15. The van der Waals surface area contributed by atoms with Crippen molar-refractivity contribution in [2.45, 2.75) is 12.5 Å². The molecule has 0 aliphatic heterocycles. The van der Waals surface area contributed by atoms with Gasteiger partial charge < -0.3 is 15.4 Å². The summed E-state index contributed by atoms with van der Waals surface area (Å²) in [6, 6.07) is 13.0. The quantitative estimate of drug-likeness (QED) is 0.481. The van der Waals surface area contributed by atoms with Gasteiger partial charge in [-0.1, -0.05) is 36.4 Å². The SMILES string of the molecule is Cn1nc(C(=O)NC(Cc2c[nH]c3ccccc23)C(=O)O)c2ccccc2c1=O. The molecule has 0 aliphatic carbocycles. The summed E-state index contributed by atoms with van der Waals surface area (Å²) < 4.78 is 1.08. The largest absolute Gasteiger partial charge is 0.480 e. The number of para-hydroxylation sites is 1. The van der Waals surface area contributed by atoms with E-state index in [2.05, 4.69) is 15.4 Å². The molecular formula is C21H18N4O4. The summed E-state index contributed by atoms with van der Waals surface area (Å²) in [5, 5.41) is 17.9. The summed E-state index contributed by atoms with van der Waals surface area (Å²) in [5.41, 5.74) is 1.36. The number of carboxylic acids is 1. The first-order valence-electron chi connectivity index (χ1n) is 9.00. The number of hydrogen-bond acceptors (Lipinski definition) is 4. The number of benzene rings is 2. The zero-order chi connectivity index (χ0) is 20.5. The molecule has 0 saturated heterocycles. The minimum absolute atomic E-state index is 0.00729. The van der Waals surface area contributed by atoms with E-state index in [-0.39, 0.29) is 17.7 Å². The van der Waals surface area contributed by atoms with Gasteiger partial charge in [0.05, 0.1) is 5.39 Å². The number of carboxylic acid groups (broad SMARTS) is 1. The highest BCUT2D eigenvalue weighted by Crippen LogP contribution is 2.19. The Labute approximate surface area is 164 Å². The third-order valence-electron chi connectivity index (χ3n) is 4.87. The fourth-order valence-corrected chi connectivity index (χ4v) is 3.41. The molecule has 0 bridgehead atoms. The van der Waals surface area contributed by atoms with Gasteiger partial charge in [-0.05, 0) is 17.7 Å². The number of amides is 1. The normalized spacial score (nSPS) is 12.2. The summed E-state index contributed by atoms with van der Waals surface area (Å²) in [4.78, 5) is 40.0. The van der Waals surface area contributed by atoms with E-state index in [4.69, 9.17) is 0 Å². The molecule has 0 spiro atoms. The fraction of sp³-hybridized carbons (Fsp3) is 0.143. The summed E-state index contributed by atoms with van der Waals surface area (Å²) in [7, 11) is 1.45. The summed E-state index contributed by atoms with van der Waals surface area (Å²) in [5.74, 6) is -1.80. The first-order valence-corrected chi connectivity index (χ1v) is 9.00. The highest BCUT2D eigenvalue weighted by Gasteiger charge is 2.25. The third-order valence-corrected chi connectivity index (χ3v) is 4.87. The number of carbonyl (C=O) groups excluding carboxylic acids is 1. The molecule has 8 heteroatoms. The summed E-state index contributed by atoms with van der Waals surface area (Å²) >= 11 is 0. The number of rotatable bonds is 5. The molecule has 8 nitrogen and oxygen atoms in total. The summed E-state index contributed by atoms with van der Waals surface area (Å²) in [6.07, 6.45) is 1.85. The lowest BCUT2D eigenvalue weighted by molar-refractivity contribution is -0.139. The van der Waals surface area contributed by atoms with Crippen molar-refractivity contribution in [2.75, 3.05) is 0 Å². The van der Waals surface area contributed by atoms with Crippen molar-refractivity contribution < 1.29 is 14.7 Å². The van der Waals surface area contributed by atoms with Crippen LogP contribution in [0.25, 0.3) is 21.7 Å². The molecule has 4 aromatic rings. The molecule has 1 amide bonds. The molecule has 1 unspecified atom stereocenters. The highest BCUT2D eigenvalue weighted by molar-refractivity contribution is 6.05. The van der Waals surface area contributed by atoms with Gasteiger partial charge in [-0.3, -0.25) is 9.59 Å². The van der Waals surface area contributed by atoms with Crippen molar-refractivity contribution in [3.8, 4) is 0 Å². The maximum Gasteiger partial charge on any atom is 0.326 e. The Morgan fingerprint density at radius 2 is 1.76 bits per heavy atom. The Morgan fingerprint density at radius 1 is 1.10 bits per heavy atom. The van der Waals surface area contributed by atoms with Crippen LogP contribution in [0.3, 0.4) is 0 Å². The predicted molar refractivity (Wildman–Crippen MR) is 108 cm³/mol. The third kappa shape index (κ3) is 3.36. The van der Waals surface area contributed by atoms with Gasteiger partial charge in [-0.25, -0.2) is 9.48 Å². The lowest BCUT2D eigenvalue weighted by atomic mass is 10.0.